The van der Waals surface area contributed by atoms with Crippen molar-refractivity contribution in [2.24, 2.45) is 5.92 Å². The largest absolute Gasteiger partial charge is 0.390 e. The Hall–Kier alpha value is -0.0800. The lowest BCUT2D eigenvalue weighted by atomic mass is 9.79. The van der Waals surface area contributed by atoms with Crippen LogP contribution >= 0.6 is 0 Å². The van der Waals surface area contributed by atoms with Gasteiger partial charge in [0.1, 0.15) is 0 Å². The van der Waals surface area contributed by atoms with E-state index in [-0.39, 0.29) is 11.7 Å². The fraction of sp³-hybridized carbons (Fsp3) is 1.00. The first kappa shape index (κ1) is 15.0. The first-order valence-corrected chi connectivity index (χ1v) is 7.52. The fourth-order valence-corrected chi connectivity index (χ4v) is 3.30. The maximum absolute atomic E-state index is 10.7. The average molecular weight is 242 g/mol. The van der Waals surface area contributed by atoms with Gasteiger partial charge in [0.25, 0.3) is 0 Å². The molecular weight excluding hydrogens is 212 g/mol. The van der Waals surface area contributed by atoms with Crippen molar-refractivity contribution in [2.45, 2.75) is 83.8 Å². The van der Waals surface area contributed by atoms with Crippen LogP contribution in [0.5, 0.6) is 0 Å². The highest BCUT2D eigenvalue weighted by molar-refractivity contribution is 4.93. The van der Waals surface area contributed by atoms with Crippen molar-refractivity contribution >= 4 is 0 Å². The van der Waals surface area contributed by atoms with Crippen LogP contribution < -0.4 is 0 Å². The standard InChI is InChI=1S/C15H30O2/c1-4-13(5-2)14(16)15(17-6-3)11-9-7-8-10-12-15/h13-14,16H,4-12H2,1-3H3. The van der Waals surface area contributed by atoms with Crippen molar-refractivity contribution in [2.75, 3.05) is 6.61 Å². The van der Waals surface area contributed by atoms with Crippen LogP contribution in [0.3, 0.4) is 0 Å². The molecule has 2 nitrogen and oxygen atoms in total. The molecule has 0 aromatic carbocycles. The van der Waals surface area contributed by atoms with Crippen molar-refractivity contribution < 1.29 is 9.84 Å². The number of aliphatic hydroxyl groups excluding tert-OH is 1. The number of ether oxygens (including phenoxy) is 1. The summed E-state index contributed by atoms with van der Waals surface area (Å²) < 4.78 is 6.05. The summed E-state index contributed by atoms with van der Waals surface area (Å²) in [5.74, 6) is 0.389. The van der Waals surface area contributed by atoms with Gasteiger partial charge in [0.2, 0.25) is 0 Å². The highest BCUT2D eigenvalue weighted by Crippen LogP contribution is 2.37. The summed E-state index contributed by atoms with van der Waals surface area (Å²) in [6, 6.07) is 0. The quantitative estimate of drug-likeness (QED) is 0.715. The van der Waals surface area contributed by atoms with Crippen LogP contribution in [-0.4, -0.2) is 23.4 Å². The number of aliphatic hydroxyl groups is 1. The summed E-state index contributed by atoms with van der Waals surface area (Å²) in [7, 11) is 0. The fourth-order valence-electron chi connectivity index (χ4n) is 3.30. The van der Waals surface area contributed by atoms with Gasteiger partial charge in [0.15, 0.2) is 0 Å². The molecule has 17 heavy (non-hydrogen) atoms. The summed E-state index contributed by atoms with van der Waals surface area (Å²) in [5, 5.41) is 10.7. The van der Waals surface area contributed by atoms with E-state index in [4.69, 9.17) is 4.74 Å². The van der Waals surface area contributed by atoms with Crippen LogP contribution in [0.1, 0.15) is 72.1 Å². The highest BCUT2D eigenvalue weighted by Gasteiger charge is 2.41. The average Bonchev–Trinajstić information content (AvgIpc) is 2.57. The molecule has 1 rings (SSSR count). The predicted molar refractivity (Wildman–Crippen MR) is 72.1 cm³/mol. The molecule has 0 aromatic rings. The van der Waals surface area contributed by atoms with E-state index in [0.29, 0.717) is 5.92 Å². The zero-order chi connectivity index (χ0) is 12.7. The molecule has 1 fully saturated rings. The Labute approximate surface area is 107 Å². The van der Waals surface area contributed by atoms with Crippen molar-refractivity contribution in [1.29, 1.82) is 0 Å². The first-order chi connectivity index (χ1) is 8.20. The molecule has 2 heteroatoms. The Morgan fingerprint density at radius 1 is 1.00 bits per heavy atom. The second-order valence-corrected chi connectivity index (χ2v) is 5.43. The number of hydrogen-bond acceptors (Lipinski definition) is 2. The summed E-state index contributed by atoms with van der Waals surface area (Å²) in [6.07, 6.45) is 8.90. The Morgan fingerprint density at radius 3 is 1.94 bits per heavy atom. The SMILES string of the molecule is CCOC1(C(O)C(CC)CC)CCCCCC1. The van der Waals surface area contributed by atoms with Crippen LogP contribution in [0.4, 0.5) is 0 Å². The van der Waals surface area contributed by atoms with Crippen molar-refractivity contribution in [3.63, 3.8) is 0 Å². The third-order valence-corrected chi connectivity index (χ3v) is 4.42. The molecule has 1 aliphatic rings. The topological polar surface area (TPSA) is 29.5 Å². The molecule has 1 atom stereocenters. The molecule has 0 spiro atoms. The molecule has 0 radical (unpaired) electrons. The van der Waals surface area contributed by atoms with Gasteiger partial charge in [0, 0.05) is 6.61 Å². The minimum atomic E-state index is -0.282. The highest BCUT2D eigenvalue weighted by atomic mass is 16.5. The van der Waals surface area contributed by atoms with Gasteiger partial charge in [-0.3, -0.25) is 0 Å². The molecular formula is C15H30O2. The van der Waals surface area contributed by atoms with Crippen LogP contribution in [0.15, 0.2) is 0 Å². The van der Waals surface area contributed by atoms with Gasteiger partial charge >= 0.3 is 0 Å². The van der Waals surface area contributed by atoms with Crippen LogP contribution in [-0.2, 0) is 4.74 Å². The Balaban J connectivity index is 2.79. The lowest BCUT2D eigenvalue weighted by molar-refractivity contribution is -0.148. The maximum atomic E-state index is 10.7. The van der Waals surface area contributed by atoms with E-state index in [9.17, 15) is 5.11 Å². The summed E-state index contributed by atoms with van der Waals surface area (Å²) in [4.78, 5) is 0. The van der Waals surface area contributed by atoms with Gasteiger partial charge in [0.05, 0.1) is 11.7 Å². The molecule has 1 saturated carbocycles. The normalized spacial score (nSPS) is 22.4. The third kappa shape index (κ3) is 3.69. The molecule has 102 valence electrons. The molecule has 0 aliphatic heterocycles. The van der Waals surface area contributed by atoms with E-state index in [1.165, 1.54) is 25.7 Å². The van der Waals surface area contributed by atoms with E-state index < -0.39 is 0 Å². The minimum Gasteiger partial charge on any atom is -0.390 e. The predicted octanol–water partition coefficient (Wildman–Crippen LogP) is 3.91. The molecule has 0 saturated heterocycles. The second kappa shape index (κ2) is 7.38. The molecule has 1 aliphatic carbocycles. The lowest BCUT2D eigenvalue weighted by Crippen LogP contribution is -2.48. The van der Waals surface area contributed by atoms with Crippen LogP contribution in [0.25, 0.3) is 0 Å². The summed E-state index contributed by atoms with van der Waals surface area (Å²) in [5.41, 5.74) is -0.248. The summed E-state index contributed by atoms with van der Waals surface area (Å²) >= 11 is 0. The zero-order valence-corrected chi connectivity index (χ0v) is 11.9. The van der Waals surface area contributed by atoms with E-state index in [0.717, 1.165) is 32.3 Å². The van der Waals surface area contributed by atoms with Gasteiger partial charge in [-0.25, -0.2) is 0 Å². The smallest absolute Gasteiger partial charge is 0.0942 e. The Morgan fingerprint density at radius 2 is 1.53 bits per heavy atom. The van der Waals surface area contributed by atoms with Gasteiger partial charge < -0.3 is 9.84 Å². The minimum absolute atomic E-state index is 0.248. The molecule has 0 aromatic heterocycles. The van der Waals surface area contributed by atoms with Gasteiger partial charge in [-0.15, -0.1) is 0 Å². The van der Waals surface area contributed by atoms with Gasteiger partial charge in [-0.1, -0.05) is 52.4 Å². The number of rotatable bonds is 6. The third-order valence-electron chi connectivity index (χ3n) is 4.42. The Kier molecular flexibility index (Phi) is 6.50. The van der Waals surface area contributed by atoms with Gasteiger partial charge in [-0.05, 0) is 25.7 Å². The van der Waals surface area contributed by atoms with Crippen molar-refractivity contribution in [1.82, 2.24) is 0 Å². The van der Waals surface area contributed by atoms with Crippen LogP contribution in [0.2, 0.25) is 0 Å². The van der Waals surface area contributed by atoms with Crippen molar-refractivity contribution in [3.8, 4) is 0 Å². The maximum Gasteiger partial charge on any atom is 0.0942 e. The van der Waals surface area contributed by atoms with Crippen LogP contribution in [0, 0.1) is 5.92 Å². The monoisotopic (exact) mass is 242 g/mol. The first-order valence-electron chi connectivity index (χ1n) is 7.52. The second-order valence-electron chi connectivity index (χ2n) is 5.43. The molecule has 1 unspecified atom stereocenters. The lowest BCUT2D eigenvalue weighted by Gasteiger charge is -2.40. The molecule has 1 N–H and O–H groups in total. The summed E-state index contributed by atoms with van der Waals surface area (Å²) in [6.45, 7) is 7.12. The number of hydrogen-bond donors (Lipinski definition) is 1. The van der Waals surface area contributed by atoms with E-state index in [1.54, 1.807) is 0 Å². The van der Waals surface area contributed by atoms with E-state index in [1.807, 2.05) is 6.92 Å². The molecule has 0 heterocycles. The van der Waals surface area contributed by atoms with E-state index in [2.05, 4.69) is 13.8 Å². The van der Waals surface area contributed by atoms with Gasteiger partial charge in [-0.2, -0.15) is 0 Å². The van der Waals surface area contributed by atoms with Crippen molar-refractivity contribution in [3.05, 3.63) is 0 Å². The Bertz CT molecular complexity index is 191. The molecule has 0 bridgehead atoms. The van der Waals surface area contributed by atoms with E-state index >= 15 is 0 Å². The molecule has 0 amide bonds. The zero-order valence-electron chi connectivity index (χ0n) is 11.9.